The molecule has 1 aromatic heterocycles. The minimum absolute atomic E-state index is 0.186. The molecular formula is C28H25N5O4S. The van der Waals surface area contributed by atoms with E-state index in [0.717, 1.165) is 39.7 Å². The quantitative estimate of drug-likeness (QED) is 0.390. The average Bonchev–Trinajstić information content (AvgIpc) is 3.37. The van der Waals surface area contributed by atoms with Crippen molar-refractivity contribution < 1.29 is 18.0 Å². The number of carbonyl (C=O) groups is 2. The van der Waals surface area contributed by atoms with Gasteiger partial charge < -0.3 is 0 Å². The Bertz CT molecular complexity index is 1640. The van der Waals surface area contributed by atoms with Gasteiger partial charge in [0, 0.05) is 31.7 Å². The van der Waals surface area contributed by atoms with Gasteiger partial charge in [0.25, 0.3) is 0 Å². The van der Waals surface area contributed by atoms with Gasteiger partial charge in [-0.05, 0) is 34.4 Å². The Morgan fingerprint density at radius 2 is 1.53 bits per heavy atom. The van der Waals surface area contributed by atoms with Gasteiger partial charge >= 0.3 is 0 Å². The highest BCUT2D eigenvalue weighted by Crippen LogP contribution is 2.34. The van der Waals surface area contributed by atoms with Gasteiger partial charge in [0.1, 0.15) is 0 Å². The minimum Gasteiger partial charge on any atom is -0.274 e. The number of amides is 2. The summed E-state index contributed by atoms with van der Waals surface area (Å²) in [4.78, 5) is 33.9. The SMILES string of the molecule is CS(=O)(=O)NC(=O)CCC(=O)N1N=C(c2ccc(-c3ccccc3)cc2)CC1c1ccc2nccnc2c1. The van der Waals surface area contributed by atoms with E-state index in [1.807, 2.05) is 77.5 Å². The monoisotopic (exact) mass is 527 g/mol. The molecule has 1 N–H and O–H groups in total. The highest BCUT2D eigenvalue weighted by atomic mass is 32.2. The first-order valence-electron chi connectivity index (χ1n) is 12.0. The predicted octanol–water partition coefficient (Wildman–Crippen LogP) is 3.83. The van der Waals surface area contributed by atoms with E-state index in [4.69, 9.17) is 0 Å². The van der Waals surface area contributed by atoms with Crippen molar-refractivity contribution in [1.29, 1.82) is 0 Å². The van der Waals surface area contributed by atoms with E-state index in [2.05, 4.69) is 15.1 Å². The molecule has 4 aromatic rings. The predicted molar refractivity (Wildman–Crippen MR) is 144 cm³/mol. The molecule has 0 spiro atoms. The van der Waals surface area contributed by atoms with Crippen LogP contribution in [0.2, 0.25) is 0 Å². The van der Waals surface area contributed by atoms with Crippen molar-refractivity contribution in [3.05, 3.63) is 96.3 Å². The molecule has 0 saturated carbocycles. The van der Waals surface area contributed by atoms with Crippen LogP contribution < -0.4 is 4.72 Å². The fourth-order valence-corrected chi connectivity index (χ4v) is 4.96. The van der Waals surface area contributed by atoms with Gasteiger partial charge in [-0.2, -0.15) is 5.10 Å². The summed E-state index contributed by atoms with van der Waals surface area (Å²) >= 11 is 0. The fraction of sp³-hybridized carbons (Fsp3) is 0.179. The topological polar surface area (TPSA) is 122 Å². The van der Waals surface area contributed by atoms with Crippen molar-refractivity contribution in [3.8, 4) is 11.1 Å². The molecule has 0 fully saturated rings. The van der Waals surface area contributed by atoms with Crippen LogP contribution in [0.25, 0.3) is 22.2 Å². The summed E-state index contributed by atoms with van der Waals surface area (Å²) in [5, 5.41) is 6.06. The van der Waals surface area contributed by atoms with E-state index in [1.165, 1.54) is 5.01 Å². The zero-order valence-corrected chi connectivity index (χ0v) is 21.4. The first kappa shape index (κ1) is 25.2. The molecule has 2 heterocycles. The number of carbonyl (C=O) groups excluding carboxylic acids is 2. The molecule has 0 radical (unpaired) electrons. The molecule has 5 rings (SSSR count). The van der Waals surface area contributed by atoms with Crippen molar-refractivity contribution in [1.82, 2.24) is 19.7 Å². The van der Waals surface area contributed by atoms with Gasteiger partial charge in [-0.25, -0.2) is 13.4 Å². The van der Waals surface area contributed by atoms with Crippen molar-refractivity contribution >= 4 is 38.6 Å². The fourth-order valence-electron chi connectivity index (χ4n) is 4.44. The standard InChI is InChI=1S/C28H25N5O4S/c1-38(36,37)32-27(34)13-14-28(35)33-26(22-11-12-23-25(17-22)30-16-15-29-23)18-24(31-33)21-9-7-20(8-10-21)19-5-3-2-4-6-19/h2-12,15-17,26H,13-14,18H2,1H3,(H,32,34). The van der Waals surface area contributed by atoms with Gasteiger partial charge in [0.2, 0.25) is 21.8 Å². The summed E-state index contributed by atoms with van der Waals surface area (Å²) in [7, 11) is -3.70. The summed E-state index contributed by atoms with van der Waals surface area (Å²) < 4.78 is 24.6. The second-order valence-electron chi connectivity index (χ2n) is 9.05. The van der Waals surface area contributed by atoms with Crippen molar-refractivity contribution in [2.45, 2.75) is 25.3 Å². The lowest BCUT2D eigenvalue weighted by Gasteiger charge is -2.22. The van der Waals surface area contributed by atoms with Crippen LogP contribution >= 0.6 is 0 Å². The number of nitrogens with one attached hydrogen (secondary N) is 1. The summed E-state index contributed by atoms with van der Waals surface area (Å²) in [6.45, 7) is 0. The second kappa shape index (κ2) is 10.5. The number of hydrogen-bond donors (Lipinski definition) is 1. The molecule has 0 saturated heterocycles. The van der Waals surface area contributed by atoms with Gasteiger partial charge in [-0.1, -0.05) is 60.7 Å². The maximum Gasteiger partial charge on any atom is 0.243 e. The Hall–Kier alpha value is -4.44. The third-order valence-electron chi connectivity index (χ3n) is 6.23. The maximum absolute atomic E-state index is 13.2. The molecule has 3 aromatic carbocycles. The third-order valence-corrected chi connectivity index (χ3v) is 6.83. The number of nitrogens with zero attached hydrogens (tertiary/aromatic N) is 4. The summed E-state index contributed by atoms with van der Waals surface area (Å²) in [6, 6.07) is 23.3. The van der Waals surface area contributed by atoms with Crippen molar-refractivity contribution in [2.24, 2.45) is 5.10 Å². The number of aromatic nitrogens is 2. The summed E-state index contributed by atoms with van der Waals surface area (Å²) in [5.74, 6) is -1.12. The van der Waals surface area contributed by atoms with Crippen LogP contribution in [0, 0.1) is 0 Å². The molecular weight excluding hydrogens is 502 g/mol. The van der Waals surface area contributed by atoms with E-state index in [1.54, 1.807) is 12.4 Å². The minimum atomic E-state index is -3.70. The molecule has 2 amide bonds. The average molecular weight is 528 g/mol. The molecule has 38 heavy (non-hydrogen) atoms. The van der Waals surface area contributed by atoms with Crippen LogP contribution in [0.5, 0.6) is 0 Å². The maximum atomic E-state index is 13.2. The van der Waals surface area contributed by atoms with Crippen LogP contribution in [0.3, 0.4) is 0 Å². The van der Waals surface area contributed by atoms with Crippen LogP contribution in [0.15, 0.2) is 90.3 Å². The van der Waals surface area contributed by atoms with E-state index >= 15 is 0 Å². The highest BCUT2D eigenvalue weighted by molar-refractivity contribution is 7.89. The van der Waals surface area contributed by atoms with Gasteiger partial charge in [-0.15, -0.1) is 0 Å². The molecule has 1 atom stereocenters. The summed E-state index contributed by atoms with van der Waals surface area (Å²) in [5.41, 5.74) is 6.08. The second-order valence-corrected chi connectivity index (χ2v) is 10.8. The zero-order valence-electron chi connectivity index (χ0n) is 20.6. The number of rotatable bonds is 7. The Morgan fingerprint density at radius 3 is 2.24 bits per heavy atom. The lowest BCUT2D eigenvalue weighted by Crippen LogP contribution is -2.32. The Balaban J connectivity index is 1.42. The molecule has 0 aliphatic carbocycles. The first-order valence-corrected chi connectivity index (χ1v) is 13.9. The number of hydrogen-bond acceptors (Lipinski definition) is 7. The lowest BCUT2D eigenvalue weighted by molar-refractivity contribution is -0.134. The Labute approximate surface area is 220 Å². The molecule has 9 nitrogen and oxygen atoms in total. The van der Waals surface area contributed by atoms with Crippen molar-refractivity contribution in [3.63, 3.8) is 0 Å². The van der Waals surface area contributed by atoms with Gasteiger partial charge in [0.05, 0.1) is 29.0 Å². The Kier molecular flexibility index (Phi) is 6.97. The highest BCUT2D eigenvalue weighted by Gasteiger charge is 2.33. The van der Waals surface area contributed by atoms with Crippen molar-refractivity contribution in [2.75, 3.05) is 6.26 Å². The molecule has 0 bridgehead atoms. The molecule has 1 aliphatic rings. The first-order chi connectivity index (χ1) is 18.3. The lowest BCUT2D eigenvalue weighted by atomic mass is 9.96. The Morgan fingerprint density at radius 1 is 0.868 bits per heavy atom. The number of fused-ring (bicyclic) bond motifs is 1. The molecule has 192 valence electrons. The van der Waals surface area contributed by atoms with E-state index in [-0.39, 0.29) is 18.7 Å². The van der Waals surface area contributed by atoms with E-state index in [0.29, 0.717) is 11.9 Å². The van der Waals surface area contributed by atoms with Crippen LogP contribution in [0.4, 0.5) is 0 Å². The largest absolute Gasteiger partial charge is 0.274 e. The third kappa shape index (κ3) is 5.76. The molecule has 10 heteroatoms. The van der Waals surface area contributed by atoms with Crippen LogP contribution in [0.1, 0.15) is 36.4 Å². The van der Waals surface area contributed by atoms with Crippen LogP contribution in [-0.2, 0) is 19.6 Å². The number of hydrazone groups is 1. The van der Waals surface area contributed by atoms with E-state index < -0.39 is 22.0 Å². The van der Waals surface area contributed by atoms with Gasteiger partial charge in [-0.3, -0.25) is 24.3 Å². The smallest absolute Gasteiger partial charge is 0.243 e. The molecule has 1 unspecified atom stereocenters. The van der Waals surface area contributed by atoms with Gasteiger partial charge in [0.15, 0.2) is 0 Å². The van der Waals surface area contributed by atoms with E-state index in [9.17, 15) is 18.0 Å². The van der Waals surface area contributed by atoms with Crippen LogP contribution in [-0.4, -0.2) is 47.2 Å². The normalized spacial score (nSPS) is 15.3. The zero-order chi connectivity index (χ0) is 26.7. The number of sulfonamides is 1. The summed E-state index contributed by atoms with van der Waals surface area (Å²) in [6.07, 6.45) is 4.14. The number of benzene rings is 3. The molecule has 1 aliphatic heterocycles.